The minimum absolute atomic E-state index is 0.00170. The molecule has 2 amide bonds. The number of aryl methyl sites for hydroxylation is 2. The predicted molar refractivity (Wildman–Crippen MR) is 120 cm³/mol. The summed E-state index contributed by atoms with van der Waals surface area (Å²) in [7, 11) is 0. The molecule has 0 saturated carbocycles. The first kappa shape index (κ1) is 26.6. The Morgan fingerprint density at radius 3 is 1.91 bits per heavy atom. The number of para-hydroxylation sites is 1. The lowest BCUT2D eigenvalue weighted by Gasteiger charge is -2.35. The molecule has 190 valence electrons. The zero-order chi connectivity index (χ0) is 26.5. The van der Waals surface area contributed by atoms with Crippen molar-refractivity contribution in [3.05, 3.63) is 58.7 Å². The summed E-state index contributed by atoms with van der Waals surface area (Å²) >= 11 is 0. The van der Waals surface area contributed by atoms with E-state index < -0.39 is 52.3 Å². The Bertz CT molecular complexity index is 1100. The Kier molecular flexibility index (Phi) is 6.73. The Morgan fingerprint density at radius 1 is 1.00 bits per heavy atom. The van der Waals surface area contributed by atoms with Crippen LogP contribution in [0, 0.1) is 31.1 Å². The van der Waals surface area contributed by atoms with Gasteiger partial charge in [-0.25, -0.2) is 0 Å². The highest BCUT2D eigenvalue weighted by Crippen LogP contribution is 2.47. The molecular weight excluding hydrogens is 474 g/mol. The van der Waals surface area contributed by atoms with Crippen molar-refractivity contribution < 1.29 is 35.9 Å². The van der Waals surface area contributed by atoms with Crippen LogP contribution in [-0.2, 0) is 21.9 Å². The van der Waals surface area contributed by atoms with Crippen molar-refractivity contribution in [1.82, 2.24) is 0 Å². The molecule has 0 spiro atoms. The molecule has 0 aromatic heterocycles. The van der Waals surface area contributed by atoms with E-state index in [0.29, 0.717) is 17.8 Å². The van der Waals surface area contributed by atoms with E-state index in [9.17, 15) is 35.9 Å². The fourth-order valence-electron chi connectivity index (χ4n) is 4.84. The van der Waals surface area contributed by atoms with Gasteiger partial charge in [0, 0.05) is 17.9 Å². The average molecular weight is 500 g/mol. The second-order valence-electron chi connectivity index (χ2n) is 9.33. The van der Waals surface area contributed by atoms with Crippen LogP contribution in [0.25, 0.3) is 0 Å². The van der Waals surface area contributed by atoms with Crippen molar-refractivity contribution in [1.29, 1.82) is 0 Å². The second kappa shape index (κ2) is 8.87. The Balaban J connectivity index is 2.06. The number of carbonyl (C=O) groups is 2. The number of alkyl halides is 6. The minimum Gasteiger partial charge on any atom is -0.325 e. The molecule has 1 saturated heterocycles. The summed E-state index contributed by atoms with van der Waals surface area (Å²) < 4.78 is 79.6. The van der Waals surface area contributed by atoms with E-state index in [1.807, 2.05) is 32.0 Å². The predicted octanol–water partition coefficient (Wildman–Crippen LogP) is 6.60. The smallest absolute Gasteiger partial charge is 0.325 e. The van der Waals surface area contributed by atoms with Gasteiger partial charge in [-0.3, -0.25) is 9.59 Å². The van der Waals surface area contributed by atoms with E-state index in [-0.39, 0.29) is 18.5 Å². The van der Waals surface area contributed by atoms with Crippen molar-refractivity contribution in [3.8, 4) is 0 Å². The molecule has 1 heterocycles. The first-order valence-corrected chi connectivity index (χ1v) is 11.0. The monoisotopic (exact) mass is 500 g/mol. The van der Waals surface area contributed by atoms with Crippen LogP contribution in [0.2, 0.25) is 0 Å². The highest BCUT2D eigenvalue weighted by molar-refractivity contribution is 6.08. The van der Waals surface area contributed by atoms with E-state index in [4.69, 9.17) is 0 Å². The van der Waals surface area contributed by atoms with Gasteiger partial charge in [-0.05, 0) is 49.1 Å². The Morgan fingerprint density at radius 2 is 1.49 bits per heavy atom. The molecule has 4 nitrogen and oxygen atoms in total. The van der Waals surface area contributed by atoms with E-state index >= 15 is 0 Å². The number of hydrogen-bond acceptors (Lipinski definition) is 2. The first-order chi connectivity index (χ1) is 16.0. The quantitative estimate of drug-likeness (QED) is 0.481. The van der Waals surface area contributed by atoms with Gasteiger partial charge in [0.15, 0.2) is 0 Å². The molecule has 1 aliphatic heterocycles. The van der Waals surface area contributed by atoms with Gasteiger partial charge < -0.3 is 10.2 Å². The number of halogens is 6. The van der Waals surface area contributed by atoms with Gasteiger partial charge in [0.05, 0.1) is 22.5 Å². The van der Waals surface area contributed by atoms with Gasteiger partial charge >= 0.3 is 12.4 Å². The van der Waals surface area contributed by atoms with E-state index in [1.54, 1.807) is 20.8 Å². The first-order valence-electron chi connectivity index (χ1n) is 11.0. The lowest BCUT2D eigenvalue weighted by atomic mass is 9.69. The summed E-state index contributed by atoms with van der Waals surface area (Å²) in [5.41, 5.74) is -2.85. The summed E-state index contributed by atoms with van der Waals surface area (Å²) in [5, 5.41) is 2.27. The largest absolute Gasteiger partial charge is 0.416 e. The number of nitrogens with one attached hydrogen (secondary N) is 1. The van der Waals surface area contributed by atoms with Gasteiger partial charge in [0.25, 0.3) is 0 Å². The third-order valence-corrected chi connectivity index (χ3v) is 6.84. The molecule has 0 bridgehead atoms. The van der Waals surface area contributed by atoms with Crippen LogP contribution in [0.5, 0.6) is 0 Å². The lowest BCUT2D eigenvalue weighted by molar-refractivity contribution is -0.143. The normalized spacial score (nSPS) is 21.1. The number of carbonyl (C=O) groups excluding carboxylic acids is 2. The number of rotatable bonds is 4. The lowest BCUT2D eigenvalue weighted by Crippen LogP contribution is -2.46. The summed E-state index contributed by atoms with van der Waals surface area (Å²) in [6, 6.07) is 6.39. The highest BCUT2D eigenvalue weighted by Gasteiger charge is 2.57. The molecule has 35 heavy (non-hydrogen) atoms. The summed E-state index contributed by atoms with van der Waals surface area (Å²) in [4.78, 5) is 28.3. The molecule has 2 atom stereocenters. The third-order valence-electron chi connectivity index (χ3n) is 6.84. The van der Waals surface area contributed by atoms with Crippen LogP contribution < -0.4 is 10.2 Å². The molecule has 10 heteroatoms. The maximum Gasteiger partial charge on any atom is 0.416 e. The van der Waals surface area contributed by atoms with Crippen LogP contribution >= 0.6 is 0 Å². The zero-order valence-electron chi connectivity index (χ0n) is 19.9. The second-order valence-corrected chi connectivity index (χ2v) is 9.33. The van der Waals surface area contributed by atoms with Crippen LogP contribution in [-0.4, -0.2) is 18.4 Å². The molecule has 3 rings (SSSR count). The summed E-state index contributed by atoms with van der Waals surface area (Å²) in [5.74, 6) is -2.47. The number of hydrogen-bond donors (Lipinski definition) is 1. The van der Waals surface area contributed by atoms with Crippen molar-refractivity contribution >= 4 is 23.2 Å². The van der Waals surface area contributed by atoms with Crippen LogP contribution in [0.1, 0.15) is 43.0 Å². The maximum absolute atomic E-state index is 13.6. The number of nitrogens with zero attached hydrogens (tertiary/aromatic N) is 1. The molecule has 1 N–H and O–H groups in total. The molecule has 1 unspecified atom stereocenters. The number of benzene rings is 2. The standard InChI is InChI=1S/C25H26F6N2O2/c1-13(2)23(12-33(21(34)16(23)5)20-14(3)7-6-8-15(20)4)22(35)32-19-10-17(24(26,27)28)9-18(11-19)25(29,30)31/h6-11,13,16H,12H2,1-5H3,(H,32,35)/t16?,23-/m0/s1. The van der Waals surface area contributed by atoms with Crippen molar-refractivity contribution in [3.63, 3.8) is 0 Å². The zero-order valence-corrected chi connectivity index (χ0v) is 19.9. The van der Waals surface area contributed by atoms with Gasteiger partial charge in [0.2, 0.25) is 11.8 Å². The minimum atomic E-state index is -5.05. The molecular formula is C25H26F6N2O2. The number of amides is 2. The number of anilines is 2. The van der Waals surface area contributed by atoms with E-state index in [2.05, 4.69) is 5.32 Å². The van der Waals surface area contributed by atoms with Crippen molar-refractivity contribution in [2.24, 2.45) is 17.3 Å². The van der Waals surface area contributed by atoms with Gasteiger partial charge in [0.1, 0.15) is 0 Å². The third kappa shape index (κ3) is 4.75. The molecule has 1 fully saturated rings. The topological polar surface area (TPSA) is 49.4 Å². The van der Waals surface area contributed by atoms with Crippen LogP contribution in [0.3, 0.4) is 0 Å². The highest BCUT2D eigenvalue weighted by atomic mass is 19.4. The summed E-state index contributed by atoms with van der Waals surface area (Å²) in [6.45, 7) is 8.53. The Hall–Kier alpha value is -3.04. The maximum atomic E-state index is 13.6. The van der Waals surface area contributed by atoms with Crippen LogP contribution in [0.15, 0.2) is 36.4 Å². The van der Waals surface area contributed by atoms with Gasteiger partial charge in [-0.15, -0.1) is 0 Å². The van der Waals surface area contributed by atoms with Gasteiger partial charge in [-0.1, -0.05) is 39.0 Å². The SMILES string of the molecule is Cc1cccc(C)c1N1C[C@](C(=O)Nc2cc(C(F)(F)F)cc(C(F)(F)F)c2)(C(C)C)C(C)C1=O. The average Bonchev–Trinajstić information content (AvgIpc) is 2.99. The van der Waals surface area contributed by atoms with Crippen LogP contribution in [0.4, 0.5) is 37.7 Å². The molecule has 1 aliphatic rings. The summed E-state index contributed by atoms with van der Waals surface area (Å²) in [6.07, 6.45) is -10.1. The van der Waals surface area contributed by atoms with E-state index in [0.717, 1.165) is 11.1 Å². The van der Waals surface area contributed by atoms with Crippen molar-refractivity contribution in [2.45, 2.75) is 47.0 Å². The van der Waals surface area contributed by atoms with Crippen molar-refractivity contribution in [2.75, 3.05) is 16.8 Å². The van der Waals surface area contributed by atoms with E-state index in [1.165, 1.54) is 4.90 Å². The fourth-order valence-corrected chi connectivity index (χ4v) is 4.84. The molecule has 0 aliphatic carbocycles. The fraction of sp³-hybridized carbons (Fsp3) is 0.440. The molecule has 2 aromatic carbocycles. The molecule has 0 radical (unpaired) electrons. The van der Waals surface area contributed by atoms with Gasteiger partial charge in [-0.2, -0.15) is 26.3 Å². The molecule has 2 aromatic rings. The Labute approximate surface area is 199 Å².